The number of para-hydroxylation sites is 1. The van der Waals surface area contributed by atoms with E-state index < -0.39 is 0 Å². The first-order valence-electron chi connectivity index (χ1n) is 16.7. The van der Waals surface area contributed by atoms with E-state index in [-0.39, 0.29) is 10.8 Å². The van der Waals surface area contributed by atoms with E-state index in [0.717, 1.165) is 5.69 Å². The lowest BCUT2D eigenvalue weighted by Crippen LogP contribution is -2.18. The van der Waals surface area contributed by atoms with Gasteiger partial charge in [-0.2, -0.15) is 0 Å². The number of hydrogen-bond donors (Lipinski definition) is 0. The van der Waals surface area contributed by atoms with Gasteiger partial charge in [-0.25, -0.2) is 0 Å². The highest BCUT2D eigenvalue weighted by molar-refractivity contribution is 6.05. The maximum atomic E-state index is 2.46. The molecule has 1 nitrogen and oxygen atoms in total. The molecule has 0 spiro atoms. The van der Waals surface area contributed by atoms with Crippen molar-refractivity contribution in [3.05, 3.63) is 174 Å². The third-order valence-corrected chi connectivity index (χ3v) is 10.8. The average Bonchev–Trinajstić information content (AvgIpc) is 3.48. The van der Waals surface area contributed by atoms with Crippen LogP contribution in [-0.4, -0.2) is 0 Å². The smallest absolute Gasteiger partial charge is 0.0465 e. The molecule has 0 saturated heterocycles. The van der Waals surface area contributed by atoms with Crippen LogP contribution in [-0.2, 0) is 10.8 Å². The Balaban J connectivity index is 1.26. The molecule has 7 aromatic rings. The Labute approximate surface area is 277 Å². The highest BCUT2D eigenvalue weighted by Crippen LogP contribution is 2.56. The third-order valence-electron chi connectivity index (χ3n) is 10.8. The van der Waals surface area contributed by atoms with Crippen molar-refractivity contribution < 1.29 is 0 Å². The van der Waals surface area contributed by atoms with E-state index >= 15 is 0 Å². The van der Waals surface area contributed by atoms with Crippen LogP contribution in [0.5, 0.6) is 0 Å². The molecule has 0 bridgehead atoms. The van der Waals surface area contributed by atoms with E-state index in [1.54, 1.807) is 0 Å². The van der Waals surface area contributed by atoms with Gasteiger partial charge < -0.3 is 4.90 Å². The highest BCUT2D eigenvalue weighted by Gasteiger charge is 2.40. The van der Waals surface area contributed by atoms with Gasteiger partial charge in [-0.05, 0) is 109 Å². The minimum Gasteiger partial charge on any atom is -0.310 e. The molecule has 47 heavy (non-hydrogen) atoms. The molecule has 1 heteroatoms. The van der Waals surface area contributed by atoms with Gasteiger partial charge in [0.1, 0.15) is 0 Å². The molecule has 2 aliphatic carbocycles. The zero-order valence-corrected chi connectivity index (χ0v) is 27.4. The van der Waals surface area contributed by atoms with E-state index in [1.807, 2.05) is 0 Å². The van der Waals surface area contributed by atoms with Crippen LogP contribution in [0.3, 0.4) is 0 Å². The normalized spacial score (nSPS) is 14.7. The molecule has 0 fully saturated rings. The van der Waals surface area contributed by atoms with E-state index in [4.69, 9.17) is 0 Å². The summed E-state index contributed by atoms with van der Waals surface area (Å²) in [5.41, 5.74) is 16.8. The lowest BCUT2D eigenvalue weighted by Gasteiger charge is -2.29. The number of fused-ring (bicyclic) bond motifs is 8. The summed E-state index contributed by atoms with van der Waals surface area (Å²) in [6.45, 7) is 9.53. The zero-order valence-electron chi connectivity index (χ0n) is 27.4. The van der Waals surface area contributed by atoms with Crippen LogP contribution in [0.25, 0.3) is 44.2 Å². The first-order valence-corrected chi connectivity index (χ1v) is 16.7. The van der Waals surface area contributed by atoms with Gasteiger partial charge in [-0.3, -0.25) is 0 Å². The van der Waals surface area contributed by atoms with Crippen LogP contribution >= 0.6 is 0 Å². The van der Waals surface area contributed by atoms with Crippen molar-refractivity contribution >= 4 is 27.8 Å². The van der Waals surface area contributed by atoms with Crippen molar-refractivity contribution in [2.24, 2.45) is 0 Å². The van der Waals surface area contributed by atoms with E-state index in [1.165, 1.54) is 77.8 Å². The maximum absolute atomic E-state index is 2.46. The Morgan fingerprint density at radius 1 is 0.404 bits per heavy atom. The predicted molar refractivity (Wildman–Crippen MR) is 199 cm³/mol. The van der Waals surface area contributed by atoms with E-state index in [9.17, 15) is 0 Å². The molecule has 226 valence electrons. The average molecular weight is 604 g/mol. The van der Waals surface area contributed by atoms with E-state index in [0.29, 0.717) is 0 Å². The molecule has 0 aliphatic heterocycles. The SMILES string of the molecule is CC1(C)c2ccccc2-c2ccc(N(c3ccccc3)c3ccc4c(c3)C(C)(C)c3c-4c(-c4ccccc4)cc4ccccc34)cc21. The second-order valence-corrected chi connectivity index (χ2v) is 14.2. The van der Waals surface area contributed by atoms with Gasteiger partial charge in [0.25, 0.3) is 0 Å². The van der Waals surface area contributed by atoms with Crippen molar-refractivity contribution in [3.63, 3.8) is 0 Å². The Hall–Kier alpha value is -5.40. The molecule has 0 aromatic heterocycles. The Bertz CT molecular complexity index is 2340. The summed E-state index contributed by atoms with van der Waals surface area (Å²) < 4.78 is 0. The van der Waals surface area contributed by atoms with Crippen LogP contribution in [0.1, 0.15) is 49.9 Å². The second kappa shape index (κ2) is 10.0. The number of hydrogen-bond acceptors (Lipinski definition) is 1. The van der Waals surface area contributed by atoms with Crippen LogP contribution in [0.15, 0.2) is 152 Å². The van der Waals surface area contributed by atoms with Gasteiger partial charge in [0, 0.05) is 27.9 Å². The van der Waals surface area contributed by atoms with Crippen molar-refractivity contribution in [1.29, 1.82) is 0 Å². The molecule has 0 atom stereocenters. The Morgan fingerprint density at radius 2 is 0.979 bits per heavy atom. The lowest BCUT2D eigenvalue weighted by molar-refractivity contribution is 0.660. The third kappa shape index (κ3) is 4.02. The molecule has 0 unspecified atom stereocenters. The largest absolute Gasteiger partial charge is 0.310 e. The molecule has 9 rings (SSSR count). The van der Waals surface area contributed by atoms with Gasteiger partial charge in [-0.15, -0.1) is 0 Å². The maximum Gasteiger partial charge on any atom is 0.0465 e. The fraction of sp³-hybridized carbons (Fsp3) is 0.130. The molecule has 0 N–H and O–H groups in total. The minimum atomic E-state index is -0.186. The molecule has 0 amide bonds. The molecule has 0 saturated carbocycles. The highest BCUT2D eigenvalue weighted by atomic mass is 15.1. The van der Waals surface area contributed by atoms with Gasteiger partial charge in [0.15, 0.2) is 0 Å². The topological polar surface area (TPSA) is 3.24 Å². The molecule has 7 aromatic carbocycles. The Morgan fingerprint density at radius 3 is 1.72 bits per heavy atom. The van der Waals surface area contributed by atoms with Crippen LogP contribution in [0.4, 0.5) is 17.1 Å². The summed E-state index contributed by atoms with van der Waals surface area (Å²) in [7, 11) is 0. The van der Waals surface area contributed by atoms with Crippen molar-refractivity contribution in [2.45, 2.75) is 38.5 Å². The lowest BCUT2D eigenvalue weighted by atomic mass is 9.79. The summed E-state index contributed by atoms with van der Waals surface area (Å²) in [4.78, 5) is 2.44. The number of nitrogens with zero attached hydrogens (tertiary/aromatic N) is 1. The molecule has 0 radical (unpaired) electrons. The molecule has 2 aliphatic rings. The summed E-state index contributed by atoms with van der Waals surface area (Å²) in [5.74, 6) is 0. The van der Waals surface area contributed by atoms with E-state index in [2.05, 4.69) is 184 Å². The van der Waals surface area contributed by atoms with Crippen LogP contribution in [0.2, 0.25) is 0 Å². The fourth-order valence-corrected chi connectivity index (χ4v) is 8.52. The molecule has 0 heterocycles. The van der Waals surface area contributed by atoms with Gasteiger partial charge >= 0.3 is 0 Å². The van der Waals surface area contributed by atoms with Crippen LogP contribution < -0.4 is 4.90 Å². The second-order valence-electron chi connectivity index (χ2n) is 14.2. The summed E-state index contributed by atoms with van der Waals surface area (Å²) in [6.07, 6.45) is 0. The number of benzene rings is 7. The first-order chi connectivity index (χ1) is 22.8. The quantitative estimate of drug-likeness (QED) is 0.193. The Kier molecular flexibility index (Phi) is 5.96. The predicted octanol–water partition coefficient (Wildman–Crippen LogP) is 12.6. The monoisotopic (exact) mass is 603 g/mol. The molecular weight excluding hydrogens is 567 g/mol. The summed E-state index contributed by atoms with van der Waals surface area (Å²) >= 11 is 0. The summed E-state index contributed by atoms with van der Waals surface area (Å²) in [5, 5.41) is 2.63. The number of rotatable bonds is 4. The van der Waals surface area contributed by atoms with Crippen molar-refractivity contribution in [3.8, 4) is 33.4 Å². The standard InChI is InChI=1S/C46H37N/c1-45(2)40-22-14-13-21-36(40)37-25-23-33(28-41(37)45)47(32-18-9-6-10-19-32)34-24-26-38-42(29-34)46(3,4)44-35-20-12-11-17-31(35)27-39(43(38)44)30-15-7-5-8-16-30/h5-29H,1-4H3. The van der Waals surface area contributed by atoms with Crippen molar-refractivity contribution in [2.75, 3.05) is 4.90 Å². The first kappa shape index (κ1) is 27.9. The number of anilines is 3. The minimum absolute atomic E-state index is 0.0687. The fourth-order valence-electron chi connectivity index (χ4n) is 8.52. The van der Waals surface area contributed by atoms with Gasteiger partial charge in [0.2, 0.25) is 0 Å². The van der Waals surface area contributed by atoms with Crippen molar-refractivity contribution in [1.82, 2.24) is 0 Å². The zero-order chi connectivity index (χ0) is 31.9. The van der Waals surface area contributed by atoms with Gasteiger partial charge in [0.05, 0.1) is 0 Å². The van der Waals surface area contributed by atoms with Crippen LogP contribution in [0, 0.1) is 0 Å². The van der Waals surface area contributed by atoms with Gasteiger partial charge in [-0.1, -0.05) is 137 Å². The summed E-state index contributed by atoms with van der Waals surface area (Å²) in [6, 6.07) is 56.1. The molecular formula is C46H37N.